The van der Waals surface area contributed by atoms with E-state index in [4.69, 9.17) is 0 Å². The van der Waals surface area contributed by atoms with Gasteiger partial charge < -0.3 is 14.7 Å². The van der Waals surface area contributed by atoms with Crippen LogP contribution >= 0.6 is 0 Å². The van der Waals surface area contributed by atoms with Crippen molar-refractivity contribution >= 4 is 16.6 Å². The van der Waals surface area contributed by atoms with Crippen molar-refractivity contribution in [1.29, 1.82) is 0 Å². The maximum atomic E-state index is 12.4. The first-order chi connectivity index (χ1) is 10.0. The number of hydrogen-bond donors (Lipinski definition) is 1. The molecule has 6 heteroatoms. The van der Waals surface area contributed by atoms with Crippen LogP contribution in [-0.4, -0.2) is 35.9 Å². The number of hydrogen-bond acceptors (Lipinski definition) is 4. The molecule has 0 radical (unpaired) electrons. The second kappa shape index (κ2) is 5.44. The number of halogens is 2. The first-order valence-corrected chi connectivity index (χ1v) is 6.82. The summed E-state index contributed by atoms with van der Waals surface area (Å²) in [4.78, 5) is 6.46. The minimum atomic E-state index is -2.85. The van der Waals surface area contributed by atoms with Gasteiger partial charge in [-0.3, -0.25) is 4.98 Å². The number of nitrogens with zero attached hydrogens (tertiary/aromatic N) is 2. The summed E-state index contributed by atoms with van der Waals surface area (Å²) in [5.74, 6) is 0.115. The number of β-amino-alcohol motifs (C(OH)–C–C–N with tert-alkyl or cyclic N) is 1. The number of pyridine rings is 1. The molecule has 0 amide bonds. The maximum Gasteiger partial charge on any atom is 0.387 e. The molecule has 0 saturated carbocycles. The van der Waals surface area contributed by atoms with Gasteiger partial charge in [0.1, 0.15) is 5.75 Å². The van der Waals surface area contributed by atoms with Crippen LogP contribution in [0.5, 0.6) is 5.75 Å². The summed E-state index contributed by atoms with van der Waals surface area (Å²) in [5.41, 5.74) is 2.48. The summed E-state index contributed by atoms with van der Waals surface area (Å²) >= 11 is 0. The van der Waals surface area contributed by atoms with E-state index in [-0.39, 0.29) is 11.9 Å². The Morgan fingerprint density at radius 1 is 1.38 bits per heavy atom. The van der Waals surface area contributed by atoms with Gasteiger partial charge in [-0.1, -0.05) is 0 Å². The largest absolute Gasteiger partial charge is 0.435 e. The fourth-order valence-electron chi connectivity index (χ4n) is 2.71. The monoisotopic (exact) mass is 294 g/mol. The van der Waals surface area contributed by atoms with E-state index in [1.165, 1.54) is 6.07 Å². The molecule has 0 spiro atoms. The van der Waals surface area contributed by atoms with Gasteiger partial charge in [-0.25, -0.2) is 0 Å². The van der Waals surface area contributed by atoms with Gasteiger partial charge in [0.2, 0.25) is 0 Å². The lowest BCUT2D eigenvalue weighted by Crippen LogP contribution is -2.21. The molecule has 2 aromatic rings. The summed E-state index contributed by atoms with van der Waals surface area (Å²) in [5, 5.41) is 10.5. The first kappa shape index (κ1) is 14.0. The summed E-state index contributed by atoms with van der Waals surface area (Å²) in [6, 6.07) is 6.65. The van der Waals surface area contributed by atoms with Crippen molar-refractivity contribution < 1.29 is 18.6 Å². The Kier molecular flexibility index (Phi) is 3.63. The third kappa shape index (κ3) is 2.90. The minimum absolute atomic E-state index is 0.115. The number of alkyl halides is 2. The first-order valence-electron chi connectivity index (χ1n) is 6.82. The highest BCUT2D eigenvalue weighted by molar-refractivity contribution is 5.93. The third-order valence-corrected chi connectivity index (χ3v) is 3.62. The summed E-state index contributed by atoms with van der Waals surface area (Å²) < 4.78 is 29.2. The molecule has 1 fully saturated rings. The molecule has 0 aliphatic carbocycles. The zero-order valence-electron chi connectivity index (χ0n) is 11.6. The SMILES string of the molecule is Cc1cc(N2CC[C@@H](O)C2)c2cc(OC(F)F)ccc2n1. The maximum absolute atomic E-state index is 12.4. The third-order valence-electron chi connectivity index (χ3n) is 3.62. The van der Waals surface area contributed by atoms with Crippen molar-refractivity contribution in [1.82, 2.24) is 4.98 Å². The van der Waals surface area contributed by atoms with E-state index < -0.39 is 6.61 Å². The highest BCUT2D eigenvalue weighted by Crippen LogP contribution is 2.32. The predicted molar refractivity (Wildman–Crippen MR) is 75.9 cm³/mol. The van der Waals surface area contributed by atoms with Gasteiger partial charge in [-0.05, 0) is 37.6 Å². The van der Waals surface area contributed by atoms with Crippen LogP contribution in [0.4, 0.5) is 14.5 Å². The molecule has 1 N–H and O–H groups in total. The van der Waals surface area contributed by atoms with Gasteiger partial charge in [0, 0.05) is 29.9 Å². The van der Waals surface area contributed by atoms with Gasteiger partial charge in [0.25, 0.3) is 0 Å². The van der Waals surface area contributed by atoms with E-state index in [1.807, 2.05) is 17.9 Å². The Bertz CT molecular complexity index is 663. The zero-order chi connectivity index (χ0) is 15.0. The van der Waals surface area contributed by atoms with Crippen LogP contribution in [0.3, 0.4) is 0 Å². The van der Waals surface area contributed by atoms with E-state index >= 15 is 0 Å². The quantitative estimate of drug-likeness (QED) is 0.945. The van der Waals surface area contributed by atoms with Crippen LogP contribution in [0, 0.1) is 6.92 Å². The topological polar surface area (TPSA) is 45.6 Å². The van der Waals surface area contributed by atoms with Crippen LogP contribution in [0.2, 0.25) is 0 Å². The summed E-state index contributed by atoms with van der Waals surface area (Å²) in [6.07, 6.45) is 0.352. The normalized spacial score (nSPS) is 18.7. The van der Waals surface area contributed by atoms with Crippen LogP contribution < -0.4 is 9.64 Å². The molecule has 0 unspecified atom stereocenters. The van der Waals surface area contributed by atoms with Crippen molar-refractivity contribution in [3.63, 3.8) is 0 Å². The van der Waals surface area contributed by atoms with Crippen molar-refractivity contribution in [2.45, 2.75) is 26.1 Å². The van der Waals surface area contributed by atoms with Crippen LogP contribution in [0.25, 0.3) is 10.9 Å². The van der Waals surface area contributed by atoms with Gasteiger partial charge in [0.15, 0.2) is 0 Å². The molecule has 21 heavy (non-hydrogen) atoms. The molecule has 0 bridgehead atoms. The predicted octanol–water partition coefficient (Wildman–Crippen LogP) is 2.72. The Labute approximate surface area is 121 Å². The Morgan fingerprint density at radius 3 is 2.86 bits per heavy atom. The van der Waals surface area contributed by atoms with Crippen molar-refractivity contribution in [2.24, 2.45) is 0 Å². The number of aliphatic hydroxyl groups excluding tert-OH is 1. The van der Waals surface area contributed by atoms with Gasteiger partial charge in [0.05, 0.1) is 11.6 Å². The fraction of sp³-hybridized carbons (Fsp3) is 0.400. The number of ether oxygens (including phenoxy) is 1. The smallest absolute Gasteiger partial charge is 0.387 e. The molecule has 1 aliphatic rings. The Hall–Kier alpha value is -1.95. The van der Waals surface area contributed by atoms with Crippen LogP contribution in [-0.2, 0) is 0 Å². The fourth-order valence-corrected chi connectivity index (χ4v) is 2.71. The molecular formula is C15H16F2N2O2. The number of fused-ring (bicyclic) bond motifs is 1. The molecular weight excluding hydrogens is 278 g/mol. The van der Waals surface area contributed by atoms with Crippen LogP contribution in [0.15, 0.2) is 24.3 Å². The molecule has 3 rings (SSSR count). The average molecular weight is 294 g/mol. The number of aryl methyl sites for hydroxylation is 1. The van der Waals surface area contributed by atoms with Gasteiger partial charge in [-0.15, -0.1) is 0 Å². The average Bonchev–Trinajstić information content (AvgIpc) is 2.84. The number of rotatable bonds is 3. The van der Waals surface area contributed by atoms with E-state index in [0.29, 0.717) is 13.0 Å². The highest BCUT2D eigenvalue weighted by Gasteiger charge is 2.22. The van der Waals surface area contributed by atoms with E-state index in [9.17, 15) is 13.9 Å². The molecule has 2 heterocycles. The van der Waals surface area contributed by atoms with Crippen molar-refractivity contribution in [2.75, 3.05) is 18.0 Å². The van der Waals surface area contributed by atoms with E-state index in [0.717, 1.165) is 28.8 Å². The standard InChI is InChI=1S/C15H16F2N2O2/c1-9-6-14(19-5-4-10(20)8-19)12-7-11(21-15(16)17)2-3-13(12)18-9/h2-3,6-7,10,15,20H,4-5,8H2,1H3/t10-/m1/s1. The number of anilines is 1. The van der Waals surface area contributed by atoms with Gasteiger partial charge >= 0.3 is 6.61 Å². The van der Waals surface area contributed by atoms with E-state index in [2.05, 4.69) is 9.72 Å². The summed E-state index contributed by atoms with van der Waals surface area (Å²) in [6.45, 7) is 0.315. The Balaban J connectivity index is 2.07. The number of benzene rings is 1. The number of aliphatic hydroxyl groups is 1. The lowest BCUT2D eigenvalue weighted by molar-refractivity contribution is -0.0497. The molecule has 1 aromatic carbocycles. The van der Waals surface area contributed by atoms with E-state index in [1.54, 1.807) is 12.1 Å². The van der Waals surface area contributed by atoms with Gasteiger partial charge in [-0.2, -0.15) is 8.78 Å². The zero-order valence-corrected chi connectivity index (χ0v) is 11.6. The highest BCUT2D eigenvalue weighted by atomic mass is 19.3. The van der Waals surface area contributed by atoms with Crippen molar-refractivity contribution in [3.8, 4) is 5.75 Å². The molecule has 112 valence electrons. The lowest BCUT2D eigenvalue weighted by atomic mass is 10.1. The molecule has 1 aromatic heterocycles. The minimum Gasteiger partial charge on any atom is -0.435 e. The lowest BCUT2D eigenvalue weighted by Gasteiger charge is -2.21. The second-order valence-electron chi connectivity index (χ2n) is 5.23. The van der Waals surface area contributed by atoms with Crippen LogP contribution in [0.1, 0.15) is 12.1 Å². The second-order valence-corrected chi connectivity index (χ2v) is 5.23. The molecule has 1 aliphatic heterocycles. The number of aromatic nitrogens is 1. The van der Waals surface area contributed by atoms with Crippen molar-refractivity contribution in [3.05, 3.63) is 30.0 Å². The summed E-state index contributed by atoms with van der Waals surface area (Å²) in [7, 11) is 0. The Morgan fingerprint density at radius 2 is 2.19 bits per heavy atom. The molecule has 1 saturated heterocycles. The molecule has 1 atom stereocenters. The molecule has 4 nitrogen and oxygen atoms in total.